The van der Waals surface area contributed by atoms with Gasteiger partial charge < -0.3 is 0 Å². The van der Waals surface area contributed by atoms with Crippen molar-refractivity contribution in [3.05, 3.63) is 34.3 Å². The Labute approximate surface area is 124 Å². The summed E-state index contributed by atoms with van der Waals surface area (Å²) in [6.45, 7) is 6.89. The van der Waals surface area contributed by atoms with Crippen LogP contribution in [0.4, 0.5) is 0 Å². The Morgan fingerprint density at radius 3 is 2.42 bits per heavy atom. The topological polar surface area (TPSA) is 17.1 Å². The van der Waals surface area contributed by atoms with Crippen molar-refractivity contribution in [1.82, 2.24) is 0 Å². The second-order valence-electron chi connectivity index (χ2n) is 6.83. The van der Waals surface area contributed by atoms with Gasteiger partial charge in [0.05, 0.1) is 0 Å². The Bertz CT molecular complexity index is 441. The molecule has 0 saturated heterocycles. The summed E-state index contributed by atoms with van der Waals surface area (Å²) >= 11 is 3.45. The number of Topliss-reactive ketones (excluding diaryl/α,β-unsaturated/α-hetero) is 1. The van der Waals surface area contributed by atoms with Gasteiger partial charge in [-0.1, -0.05) is 48.8 Å². The molecular weight excluding hydrogens is 300 g/mol. The van der Waals surface area contributed by atoms with Crippen molar-refractivity contribution < 1.29 is 4.79 Å². The van der Waals surface area contributed by atoms with Crippen LogP contribution in [-0.2, 0) is 11.2 Å². The molecule has 1 saturated carbocycles. The molecule has 19 heavy (non-hydrogen) atoms. The number of hydrogen-bond acceptors (Lipinski definition) is 1. The molecule has 2 heteroatoms. The molecule has 1 fully saturated rings. The van der Waals surface area contributed by atoms with E-state index >= 15 is 0 Å². The molecule has 0 aromatic heterocycles. The van der Waals surface area contributed by atoms with Crippen molar-refractivity contribution in [2.45, 2.75) is 46.5 Å². The van der Waals surface area contributed by atoms with Gasteiger partial charge in [0.15, 0.2) is 0 Å². The molecule has 1 nitrogen and oxygen atoms in total. The van der Waals surface area contributed by atoms with Gasteiger partial charge in [0.1, 0.15) is 5.78 Å². The van der Waals surface area contributed by atoms with Crippen LogP contribution in [0.25, 0.3) is 0 Å². The maximum atomic E-state index is 12.1. The Morgan fingerprint density at radius 2 is 1.84 bits per heavy atom. The van der Waals surface area contributed by atoms with Crippen LogP contribution in [0.5, 0.6) is 0 Å². The van der Waals surface area contributed by atoms with E-state index in [9.17, 15) is 4.79 Å². The third-order valence-corrected chi connectivity index (χ3v) is 4.91. The van der Waals surface area contributed by atoms with Gasteiger partial charge in [-0.25, -0.2) is 0 Å². The molecule has 0 bridgehead atoms. The second kappa shape index (κ2) is 5.78. The molecule has 0 unspecified atom stereocenters. The van der Waals surface area contributed by atoms with E-state index in [1.165, 1.54) is 5.56 Å². The van der Waals surface area contributed by atoms with E-state index in [2.05, 4.69) is 61.0 Å². The lowest BCUT2D eigenvalue weighted by atomic mass is 9.67. The lowest BCUT2D eigenvalue weighted by Crippen LogP contribution is -2.33. The molecule has 0 aliphatic heterocycles. The highest BCUT2D eigenvalue weighted by molar-refractivity contribution is 9.10. The van der Waals surface area contributed by atoms with Crippen LogP contribution in [0.1, 0.15) is 45.6 Å². The number of carbonyl (C=O) groups excluding carboxylic acids is 1. The summed E-state index contributed by atoms with van der Waals surface area (Å²) in [6.07, 6.45) is 3.79. The predicted molar refractivity (Wildman–Crippen MR) is 83.1 cm³/mol. The Hall–Kier alpha value is -0.630. The molecule has 1 aromatic rings. The lowest BCUT2D eigenvalue weighted by molar-refractivity contribution is -0.126. The summed E-state index contributed by atoms with van der Waals surface area (Å²) in [6, 6.07) is 8.36. The second-order valence-corrected chi connectivity index (χ2v) is 7.75. The summed E-state index contributed by atoms with van der Waals surface area (Å²) < 4.78 is 1.10. The molecule has 1 aliphatic carbocycles. The minimum Gasteiger partial charge on any atom is -0.299 e. The smallest absolute Gasteiger partial charge is 0.136 e. The summed E-state index contributed by atoms with van der Waals surface area (Å²) in [7, 11) is 0. The average molecular weight is 323 g/mol. The number of carbonyl (C=O) groups is 1. The van der Waals surface area contributed by atoms with Crippen LogP contribution in [0.2, 0.25) is 0 Å². The third-order valence-electron chi connectivity index (χ3n) is 4.38. The van der Waals surface area contributed by atoms with Gasteiger partial charge in [0.2, 0.25) is 0 Å². The first kappa shape index (κ1) is 14.8. The highest BCUT2D eigenvalue weighted by Gasteiger charge is 2.34. The van der Waals surface area contributed by atoms with Gasteiger partial charge in [-0.15, -0.1) is 0 Å². The zero-order valence-corrected chi connectivity index (χ0v) is 13.7. The summed E-state index contributed by atoms with van der Waals surface area (Å²) in [5, 5.41) is 0. The quantitative estimate of drug-likeness (QED) is 0.746. The van der Waals surface area contributed by atoms with Crippen molar-refractivity contribution in [2.75, 3.05) is 0 Å². The van der Waals surface area contributed by atoms with Crippen LogP contribution >= 0.6 is 15.9 Å². The first-order valence-corrected chi connectivity index (χ1v) is 7.92. The zero-order chi connectivity index (χ0) is 14.0. The molecule has 2 atom stereocenters. The first-order valence-electron chi connectivity index (χ1n) is 7.13. The number of halogens is 1. The van der Waals surface area contributed by atoms with E-state index in [0.717, 1.165) is 30.2 Å². The highest BCUT2D eigenvalue weighted by atomic mass is 79.9. The van der Waals surface area contributed by atoms with Crippen molar-refractivity contribution in [2.24, 2.45) is 17.3 Å². The summed E-state index contributed by atoms with van der Waals surface area (Å²) in [5.74, 6) is 1.35. The molecule has 0 radical (unpaired) electrons. The van der Waals surface area contributed by atoms with Crippen LogP contribution in [0.3, 0.4) is 0 Å². The van der Waals surface area contributed by atoms with Gasteiger partial charge in [0.25, 0.3) is 0 Å². The van der Waals surface area contributed by atoms with Crippen molar-refractivity contribution in [3.8, 4) is 0 Å². The van der Waals surface area contributed by atoms with E-state index in [0.29, 0.717) is 17.1 Å². The number of rotatable bonds is 2. The molecule has 0 N–H and O–H groups in total. The largest absolute Gasteiger partial charge is 0.299 e. The molecule has 1 aliphatic rings. The molecule has 0 spiro atoms. The van der Waals surface area contributed by atoms with Crippen molar-refractivity contribution in [1.29, 1.82) is 0 Å². The first-order chi connectivity index (χ1) is 8.86. The summed E-state index contributed by atoms with van der Waals surface area (Å²) in [4.78, 5) is 12.1. The molecule has 2 rings (SSSR count). The molecular formula is C17H23BrO. The number of ketones is 1. The van der Waals surface area contributed by atoms with Crippen LogP contribution in [-0.4, -0.2) is 5.78 Å². The van der Waals surface area contributed by atoms with E-state index in [1.807, 2.05) is 0 Å². The molecule has 1 aromatic carbocycles. The Morgan fingerprint density at radius 1 is 1.21 bits per heavy atom. The summed E-state index contributed by atoms with van der Waals surface area (Å²) in [5.41, 5.74) is 1.59. The van der Waals surface area contributed by atoms with Crippen LogP contribution < -0.4 is 0 Å². The highest BCUT2D eigenvalue weighted by Crippen LogP contribution is 2.39. The minimum absolute atomic E-state index is 0.221. The van der Waals surface area contributed by atoms with Crippen LogP contribution in [0, 0.1) is 17.3 Å². The molecule has 104 valence electrons. The minimum atomic E-state index is 0.221. The van der Waals surface area contributed by atoms with Gasteiger partial charge in [-0.05, 0) is 48.3 Å². The lowest BCUT2D eigenvalue weighted by Gasteiger charge is -2.37. The number of benzene rings is 1. The van der Waals surface area contributed by atoms with Gasteiger partial charge >= 0.3 is 0 Å². The standard InChI is InChI=1S/C17H23BrO/c1-17(2,3)14-6-9-16(19)13(11-14)10-12-4-7-15(18)8-5-12/h4-5,7-8,13-14H,6,9-11H2,1-3H3/t13-,14-/m0/s1. The fourth-order valence-electron chi connectivity index (χ4n) is 3.00. The SMILES string of the molecule is CC(C)(C)[C@H]1CCC(=O)[C@@H](Cc2ccc(Br)cc2)C1. The van der Waals surface area contributed by atoms with E-state index < -0.39 is 0 Å². The Kier molecular flexibility index (Phi) is 4.50. The predicted octanol–water partition coefficient (Wildman–Crippen LogP) is 5.02. The van der Waals surface area contributed by atoms with E-state index in [1.54, 1.807) is 0 Å². The van der Waals surface area contributed by atoms with Crippen molar-refractivity contribution >= 4 is 21.7 Å². The maximum Gasteiger partial charge on any atom is 0.136 e. The molecule has 0 heterocycles. The van der Waals surface area contributed by atoms with E-state index in [-0.39, 0.29) is 5.92 Å². The number of hydrogen-bond donors (Lipinski definition) is 0. The fraction of sp³-hybridized carbons (Fsp3) is 0.588. The fourth-order valence-corrected chi connectivity index (χ4v) is 3.27. The zero-order valence-electron chi connectivity index (χ0n) is 12.1. The van der Waals surface area contributed by atoms with E-state index in [4.69, 9.17) is 0 Å². The average Bonchev–Trinajstić information content (AvgIpc) is 2.33. The van der Waals surface area contributed by atoms with Gasteiger partial charge in [-0.2, -0.15) is 0 Å². The third kappa shape index (κ3) is 3.92. The van der Waals surface area contributed by atoms with Gasteiger partial charge in [0, 0.05) is 16.8 Å². The van der Waals surface area contributed by atoms with Crippen LogP contribution in [0.15, 0.2) is 28.7 Å². The van der Waals surface area contributed by atoms with Crippen molar-refractivity contribution in [3.63, 3.8) is 0 Å². The maximum absolute atomic E-state index is 12.1. The Balaban J connectivity index is 2.05. The monoisotopic (exact) mass is 322 g/mol. The van der Waals surface area contributed by atoms with Gasteiger partial charge in [-0.3, -0.25) is 4.79 Å². The normalized spacial score (nSPS) is 24.5. The molecule has 0 amide bonds.